The van der Waals surface area contributed by atoms with Gasteiger partial charge in [0, 0.05) is 25.0 Å². The Labute approximate surface area is 153 Å². The van der Waals surface area contributed by atoms with Crippen LogP contribution in [0.4, 0.5) is 4.79 Å². The van der Waals surface area contributed by atoms with E-state index in [0.29, 0.717) is 18.7 Å². The number of nitrogens with one attached hydrogen (secondary N) is 2. The predicted molar refractivity (Wildman–Crippen MR) is 95.9 cm³/mol. The van der Waals surface area contributed by atoms with Crippen LogP contribution < -0.4 is 10.0 Å². The van der Waals surface area contributed by atoms with Crippen molar-refractivity contribution in [1.82, 2.24) is 14.9 Å². The first-order chi connectivity index (χ1) is 12.1. The van der Waals surface area contributed by atoms with Crippen LogP contribution in [0.1, 0.15) is 32.8 Å². The lowest BCUT2D eigenvalue weighted by Crippen LogP contribution is -2.41. The summed E-state index contributed by atoms with van der Waals surface area (Å²) in [5.41, 5.74) is -0.113. The molecular weight excluding hydrogens is 358 g/mol. The van der Waals surface area contributed by atoms with Crippen molar-refractivity contribution in [2.24, 2.45) is 0 Å². The van der Waals surface area contributed by atoms with E-state index in [0.717, 1.165) is 0 Å². The molecule has 0 aromatic heterocycles. The van der Waals surface area contributed by atoms with Crippen LogP contribution in [0.2, 0.25) is 0 Å². The lowest BCUT2D eigenvalue weighted by atomic mass is 10.1. The van der Waals surface area contributed by atoms with E-state index in [1.807, 2.05) is 0 Å². The number of cyclic esters (lactones) is 1. The quantitative estimate of drug-likeness (QED) is 0.737. The zero-order chi connectivity index (χ0) is 19.4. The Morgan fingerprint density at radius 1 is 1.27 bits per heavy atom. The van der Waals surface area contributed by atoms with E-state index in [1.54, 1.807) is 39.0 Å². The van der Waals surface area contributed by atoms with Gasteiger partial charge in [-0.2, -0.15) is 0 Å². The Kier molecular flexibility index (Phi) is 6.25. The zero-order valence-corrected chi connectivity index (χ0v) is 16.1. The average Bonchev–Trinajstić information content (AvgIpc) is 2.94. The normalized spacial score (nSPS) is 15.0. The average molecular weight is 383 g/mol. The fourth-order valence-corrected chi connectivity index (χ4v) is 4.18. The fourth-order valence-electron chi connectivity index (χ4n) is 2.52. The Bertz CT molecular complexity index is 771. The van der Waals surface area contributed by atoms with E-state index in [4.69, 9.17) is 4.74 Å². The Morgan fingerprint density at radius 2 is 1.96 bits per heavy atom. The number of amides is 2. The van der Waals surface area contributed by atoms with Crippen LogP contribution in [-0.2, 0) is 26.1 Å². The molecule has 9 heteroatoms. The maximum Gasteiger partial charge on any atom is 0.409 e. The van der Waals surface area contributed by atoms with Crippen molar-refractivity contribution in [3.05, 3.63) is 29.8 Å². The molecule has 144 valence electrons. The van der Waals surface area contributed by atoms with Crippen LogP contribution >= 0.6 is 0 Å². The van der Waals surface area contributed by atoms with Gasteiger partial charge < -0.3 is 15.0 Å². The van der Waals surface area contributed by atoms with Gasteiger partial charge in [-0.15, -0.1) is 0 Å². The van der Waals surface area contributed by atoms with Crippen LogP contribution in [0.3, 0.4) is 0 Å². The van der Waals surface area contributed by atoms with Crippen LogP contribution in [0.25, 0.3) is 0 Å². The summed E-state index contributed by atoms with van der Waals surface area (Å²) in [6.45, 7) is 6.47. The molecule has 0 unspecified atom stereocenters. The molecule has 0 spiro atoms. The molecule has 1 aromatic rings. The van der Waals surface area contributed by atoms with Gasteiger partial charge in [-0.3, -0.25) is 4.79 Å². The van der Waals surface area contributed by atoms with E-state index in [-0.39, 0.29) is 30.3 Å². The molecule has 0 radical (unpaired) electrons. The van der Waals surface area contributed by atoms with E-state index in [2.05, 4.69) is 10.0 Å². The van der Waals surface area contributed by atoms with Gasteiger partial charge in [-0.1, -0.05) is 18.2 Å². The largest absolute Gasteiger partial charge is 0.448 e. The first-order valence-corrected chi connectivity index (χ1v) is 9.87. The first-order valence-electron chi connectivity index (χ1n) is 8.39. The van der Waals surface area contributed by atoms with E-state index >= 15 is 0 Å². The zero-order valence-electron chi connectivity index (χ0n) is 15.2. The molecule has 2 rings (SSSR count). The van der Waals surface area contributed by atoms with Gasteiger partial charge in [0.2, 0.25) is 15.9 Å². The van der Waals surface area contributed by atoms with E-state index in [9.17, 15) is 18.0 Å². The predicted octanol–water partition coefficient (Wildman–Crippen LogP) is 1.22. The molecule has 2 N–H and O–H groups in total. The summed E-state index contributed by atoms with van der Waals surface area (Å²) in [6.07, 6.45) is -0.285. The molecule has 0 aliphatic carbocycles. The second-order valence-electron chi connectivity index (χ2n) is 7.09. The SMILES string of the molecule is CC(C)(C)NS(=O)(=O)c1ccccc1CNC(=O)CCN1CCOC1=O. The highest BCUT2D eigenvalue weighted by atomic mass is 32.2. The summed E-state index contributed by atoms with van der Waals surface area (Å²) in [6, 6.07) is 6.53. The number of nitrogens with zero attached hydrogens (tertiary/aromatic N) is 1. The number of rotatable bonds is 7. The van der Waals surface area contributed by atoms with Crippen molar-refractivity contribution in [3.8, 4) is 0 Å². The number of carbonyl (C=O) groups is 2. The van der Waals surface area contributed by atoms with Gasteiger partial charge in [0.1, 0.15) is 6.61 Å². The third kappa shape index (κ3) is 5.70. The summed E-state index contributed by atoms with van der Waals surface area (Å²) >= 11 is 0. The van der Waals surface area contributed by atoms with Gasteiger partial charge >= 0.3 is 6.09 Å². The summed E-state index contributed by atoms with van der Waals surface area (Å²) in [4.78, 5) is 24.9. The summed E-state index contributed by atoms with van der Waals surface area (Å²) in [5.74, 6) is -0.263. The van der Waals surface area contributed by atoms with Crippen LogP contribution in [0, 0.1) is 0 Å². The molecule has 1 saturated heterocycles. The van der Waals surface area contributed by atoms with Crippen LogP contribution in [-0.4, -0.2) is 50.6 Å². The fraction of sp³-hybridized carbons (Fsp3) is 0.529. The van der Waals surface area contributed by atoms with E-state index in [1.165, 1.54) is 11.0 Å². The second kappa shape index (κ2) is 8.05. The maximum absolute atomic E-state index is 12.6. The molecule has 0 saturated carbocycles. The van der Waals surface area contributed by atoms with Crippen molar-refractivity contribution in [2.45, 2.75) is 44.2 Å². The monoisotopic (exact) mass is 383 g/mol. The van der Waals surface area contributed by atoms with E-state index < -0.39 is 21.7 Å². The second-order valence-corrected chi connectivity index (χ2v) is 8.74. The third-order valence-corrected chi connectivity index (χ3v) is 5.49. The maximum atomic E-state index is 12.6. The summed E-state index contributed by atoms with van der Waals surface area (Å²) in [5, 5.41) is 2.70. The molecule has 26 heavy (non-hydrogen) atoms. The van der Waals surface area contributed by atoms with Crippen molar-refractivity contribution in [3.63, 3.8) is 0 Å². The van der Waals surface area contributed by atoms with Crippen molar-refractivity contribution in [1.29, 1.82) is 0 Å². The minimum Gasteiger partial charge on any atom is -0.448 e. The van der Waals surface area contributed by atoms with Crippen LogP contribution in [0.5, 0.6) is 0 Å². The molecule has 1 aliphatic rings. The molecule has 8 nitrogen and oxygen atoms in total. The number of ether oxygens (including phenoxy) is 1. The Morgan fingerprint density at radius 3 is 2.58 bits per heavy atom. The number of benzene rings is 1. The number of carbonyl (C=O) groups excluding carboxylic acids is 2. The molecule has 1 heterocycles. The highest BCUT2D eigenvalue weighted by Gasteiger charge is 2.25. The number of hydrogen-bond donors (Lipinski definition) is 2. The topological polar surface area (TPSA) is 105 Å². The van der Waals surface area contributed by atoms with Crippen molar-refractivity contribution in [2.75, 3.05) is 19.7 Å². The third-order valence-electron chi connectivity index (χ3n) is 3.63. The highest BCUT2D eigenvalue weighted by molar-refractivity contribution is 7.89. The molecule has 2 amide bonds. The summed E-state index contributed by atoms with van der Waals surface area (Å²) < 4.78 is 32.5. The van der Waals surface area contributed by atoms with Crippen molar-refractivity contribution < 1.29 is 22.7 Å². The van der Waals surface area contributed by atoms with Crippen molar-refractivity contribution >= 4 is 22.0 Å². The minimum atomic E-state index is -3.70. The molecule has 1 aliphatic heterocycles. The van der Waals surface area contributed by atoms with Gasteiger partial charge in [0.05, 0.1) is 11.4 Å². The molecule has 0 bridgehead atoms. The van der Waals surface area contributed by atoms with Gasteiger partial charge in [-0.05, 0) is 32.4 Å². The van der Waals surface area contributed by atoms with Gasteiger partial charge in [0.25, 0.3) is 0 Å². The van der Waals surface area contributed by atoms with Gasteiger partial charge in [-0.25, -0.2) is 17.9 Å². The highest BCUT2D eigenvalue weighted by Crippen LogP contribution is 2.17. The Hall–Kier alpha value is -2.13. The lowest BCUT2D eigenvalue weighted by Gasteiger charge is -2.21. The molecule has 1 fully saturated rings. The molecular formula is C17H25N3O5S. The minimum absolute atomic E-state index is 0.0878. The number of sulfonamides is 1. The van der Waals surface area contributed by atoms with Crippen LogP contribution in [0.15, 0.2) is 29.2 Å². The lowest BCUT2D eigenvalue weighted by molar-refractivity contribution is -0.121. The first kappa shape index (κ1) is 20.2. The Balaban J connectivity index is 1.97. The smallest absolute Gasteiger partial charge is 0.409 e. The molecule has 0 atom stereocenters. The standard InChI is InChI=1S/C17H25N3O5S/c1-17(2,3)19-26(23,24)14-7-5-4-6-13(14)12-18-15(21)8-9-20-10-11-25-16(20)22/h4-7,19H,8-12H2,1-3H3,(H,18,21). The molecule has 1 aromatic carbocycles. The van der Waals surface area contributed by atoms with Gasteiger partial charge in [0.15, 0.2) is 0 Å². The summed E-state index contributed by atoms with van der Waals surface area (Å²) in [7, 11) is -3.70. The number of hydrogen-bond acceptors (Lipinski definition) is 5.